The van der Waals surface area contributed by atoms with Gasteiger partial charge in [-0.05, 0) is 27.5 Å². The lowest BCUT2D eigenvalue weighted by molar-refractivity contribution is 0.447. The highest BCUT2D eigenvalue weighted by Gasteiger charge is 2.08. The molecule has 0 aliphatic rings. The zero-order chi connectivity index (χ0) is 12.4. The van der Waals surface area contributed by atoms with E-state index in [9.17, 15) is 8.78 Å². The van der Waals surface area contributed by atoms with Gasteiger partial charge in [-0.1, -0.05) is 0 Å². The van der Waals surface area contributed by atoms with Crippen LogP contribution >= 0.6 is 27.5 Å². The number of benzene rings is 1. The van der Waals surface area contributed by atoms with Crippen molar-refractivity contribution in [2.45, 2.75) is 0 Å². The zero-order valence-corrected chi connectivity index (χ0v) is 10.5. The van der Waals surface area contributed by atoms with E-state index in [1.54, 1.807) is 0 Å². The number of halogens is 4. The van der Waals surface area contributed by atoms with Gasteiger partial charge in [0.2, 0.25) is 11.2 Å². The smallest absolute Gasteiger partial charge is 0.237 e. The van der Waals surface area contributed by atoms with Crippen molar-refractivity contribution in [3.63, 3.8) is 0 Å². The highest BCUT2D eigenvalue weighted by Crippen LogP contribution is 2.28. The van der Waals surface area contributed by atoms with Gasteiger partial charge in [0.05, 0.1) is 4.47 Å². The molecule has 0 atom stereocenters. The first-order chi connectivity index (χ1) is 8.04. The van der Waals surface area contributed by atoms with Gasteiger partial charge in [0, 0.05) is 24.4 Å². The minimum atomic E-state index is -0.740. The van der Waals surface area contributed by atoms with E-state index in [-0.39, 0.29) is 16.9 Å². The fourth-order valence-corrected chi connectivity index (χ4v) is 1.50. The van der Waals surface area contributed by atoms with E-state index in [1.165, 1.54) is 6.20 Å². The van der Waals surface area contributed by atoms with Crippen LogP contribution in [0.5, 0.6) is 11.6 Å². The van der Waals surface area contributed by atoms with E-state index in [0.717, 1.165) is 18.2 Å². The topological polar surface area (TPSA) is 35.0 Å². The fraction of sp³-hybridized carbons (Fsp3) is 0. The minimum absolute atomic E-state index is 0.0158. The number of rotatable bonds is 2. The maximum atomic E-state index is 12.9. The molecule has 0 bridgehead atoms. The van der Waals surface area contributed by atoms with Crippen LogP contribution in [0.1, 0.15) is 0 Å². The average molecular weight is 322 g/mol. The normalized spacial score (nSPS) is 10.4. The summed E-state index contributed by atoms with van der Waals surface area (Å²) < 4.78 is 31.5. The van der Waals surface area contributed by atoms with Gasteiger partial charge in [-0.15, -0.1) is 0 Å². The largest absolute Gasteiger partial charge is 0.437 e. The number of hydrogen-bond donors (Lipinski definition) is 0. The van der Waals surface area contributed by atoms with Crippen LogP contribution in [-0.2, 0) is 0 Å². The Morgan fingerprint density at radius 2 is 1.82 bits per heavy atom. The van der Waals surface area contributed by atoms with Gasteiger partial charge < -0.3 is 4.74 Å². The Balaban J connectivity index is 2.34. The van der Waals surface area contributed by atoms with Crippen LogP contribution in [0.2, 0.25) is 5.28 Å². The second-order valence-electron chi connectivity index (χ2n) is 3.00. The van der Waals surface area contributed by atoms with Crippen molar-refractivity contribution in [1.29, 1.82) is 0 Å². The van der Waals surface area contributed by atoms with Crippen molar-refractivity contribution >= 4 is 27.5 Å². The molecule has 88 valence electrons. The highest BCUT2D eigenvalue weighted by molar-refractivity contribution is 9.10. The van der Waals surface area contributed by atoms with Crippen molar-refractivity contribution < 1.29 is 13.5 Å². The van der Waals surface area contributed by atoms with Gasteiger partial charge in [-0.3, -0.25) is 0 Å². The maximum Gasteiger partial charge on any atom is 0.237 e. The van der Waals surface area contributed by atoms with Crippen LogP contribution in [0.15, 0.2) is 28.9 Å². The Bertz CT molecular complexity index is 548. The summed E-state index contributed by atoms with van der Waals surface area (Å²) in [5.41, 5.74) is 0. The highest BCUT2D eigenvalue weighted by atomic mass is 79.9. The van der Waals surface area contributed by atoms with Gasteiger partial charge in [-0.25, -0.2) is 13.8 Å². The molecule has 2 aromatic rings. The third kappa shape index (κ3) is 3.10. The Hall–Kier alpha value is -1.27. The molecular weight excluding hydrogens is 317 g/mol. The molecular formula is C10H4BrClF2N2O. The second kappa shape index (κ2) is 4.93. The van der Waals surface area contributed by atoms with Crippen LogP contribution in [0.3, 0.4) is 0 Å². The summed E-state index contributed by atoms with van der Waals surface area (Å²) in [7, 11) is 0. The predicted octanol–water partition coefficient (Wildman–Crippen LogP) is 3.96. The van der Waals surface area contributed by atoms with Crippen LogP contribution in [0, 0.1) is 11.6 Å². The molecule has 1 aromatic heterocycles. The summed E-state index contributed by atoms with van der Waals surface area (Å²) in [5, 5.41) is -0.0277. The molecule has 0 fully saturated rings. The SMILES string of the molecule is Fc1cc(F)cc(Oc2nc(Cl)ncc2Br)c1. The van der Waals surface area contributed by atoms with Gasteiger partial charge in [0.25, 0.3) is 0 Å². The monoisotopic (exact) mass is 320 g/mol. The molecule has 0 saturated carbocycles. The molecule has 0 aliphatic carbocycles. The standard InChI is InChI=1S/C10H4BrClF2N2O/c11-8-4-15-10(12)16-9(8)17-7-2-5(13)1-6(14)3-7/h1-4H. The minimum Gasteiger partial charge on any atom is -0.437 e. The number of aromatic nitrogens is 2. The third-order valence-corrected chi connectivity index (χ3v) is 2.46. The number of ether oxygens (including phenoxy) is 1. The average Bonchev–Trinajstić information content (AvgIpc) is 2.22. The molecule has 1 aromatic carbocycles. The van der Waals surface area contributed by atoms with Crippen LogP contribution in [0.25, 0.3) is 0 Å². The molecule has 0 N–H and O–H groups in total. The van der Waals surface area contributed by atoms with Crippen molar-refractivity contribution in [3.05, 3.63) is 45.8 Å². The molecule has 3 nitrogen and oxygen atoms in total. The maximum absolute atomic E-state index is 12.9. The number of hydrogen-bond acceptors (Lipinski definition) is 3. The van der Waals surface area contributed by atoms with Gasteiger partial charge >= 0.3 is 0 Å². The van der Waals surface area contributed by atoms with Crippen LogP contribution in [0.4, 0.5) is 8.78 Å². The summed E-state index contributed by atoms with van der Waals surface area (Å²) in [6.07, 6.45) is 1.38. The fourth-order valence-electron chi connectivity index (χ4n) is 1.10. The zero-order valence-electron chi connectivity index (χ0n) is 8.12. The lowest BCUT2D eigenvalue weighted by Gasteiger charge is -2.06. The lowest BCUT2D eigenvalue weighted by atomic mass is 10.3. The molecule has 1 heterocycles. The number of nitrogens with zero attached hydrogens (tertiary/aromatic N) is 2. The Labute approximate surface area is 109 Å². The predicted molar refractivity (Wildman–Crippen MR) is 61.2 cm³/mol. The van der Waals surface area contributed by atoms with Crippen molar-refractivity contribution in [2.75, 3.05) is 0 Å². The van der Waals surface area contributed by atoms with Crippen molar-refractivity contribution in [2.24, 2.45) is 0 Å². The summed E-state index contributed by atoms with van der Waals surface area (Å²) in [6.45, 7) is 0. The molecule has 0 saturated heterocycles. The van der Waals surface area contributed by atoms with E-state index in [4.69, 9.17) is 16.3 Å². The summed E-state index contributed by atoms with van der Waals surface area (Å²) >= 11 is 8.70. The Kier molecular flexibility index (Phi) is 3.54. The van der Waals surface area contributed by atoms with Crippen LogP contribution in [-0.4, -0.2) is 9.97 Å². The Morgan fingerprint density at radius 3 is 2.47 bits per heavy atom. The lowest BCUT2D eigenvalue weighted by Crippen LogP contribution is -1.93. The molecule has 2 rings (SSSR count). The molecule has 0 amide bonds. The van der Waals surface area contributed by atoms with Gasteiger partial charge in [-0.2, -0.15) is 4.98 Å². The quantitative estimate of drug-likeness (QED) is 0.785. The first-order valence-corrected chi connectivity index (χ1v) is 5.53. The first kappa shape index (κ1) is 12.2. The van der Waals surface area contributed by atoms with E-state index >= 15 is 0 Å². The van der Waals surface area contributed by atoms with Crippen molar-refractivity contribution in [3.8, 4) is 11.6 Å². The second-order valence-corrected chi connectivity index (χ2v) is 4.19. The summed E-state index contributed by atoms with van der Waals surface area (Å²) in [4.78, 5) is 7.46. The van der Waals surface area contributed by atoms with Gasteiger partial charge in [0.1, 0.15) is 17.4 Å². The molecule has 0 unspecified atom stereocenters. The molecule has 7 heteroatoms. The third-order valence-electron chi connectivity index (χ3n) is 1.73. The molecule has 0 aliphatic heterocycles. The van der Waals surface area contributed by atoms with Crippen molar-refractivity contribution in [1.82, 2.24) is 9.97 Å². The Morgan fingerprint density at radius 1 is 1.18 bits per heavy atom. The van der Waals surface area contributed by atoms with E-state index in [2.05, 4.69) is 25.9 Å². The molecule has 0 spiro atoms. The van der Waals surface area contributed by atoms with Crippen LogP contribution < -0.4 is 4.74 Å². The van der Waals surface area contributed by atoms with E-state index < -0.39 is 11.6 Å². The van der Waals surface area contributed by atoms with E-state index in [1.807, 2.05) is 0 Å². The first-order valence-electron chi connectivity index (χ1n) is 4.36. The molecule has 17 heavy (non-hydrogen) atoms. The van der Waals surface area contributed by atoms with E-state index in [0.29, 0.717) is 4.47 Å². The molecule has 0 radical (unpaired) electrons. The van der Waals surface area contributed by atoms with Gasteiger partial charge in [0.15, 0.2) is 0 Å². The summed E-state index contributed by atoms with van der Waals surface area (Å²) in [6, 6.07) is 2.81. The summed E-state index contributed by atoms with van der Waals surface area (Å²) in [5.74, 6) is -1.42.